The van der Waals surface area contributed by atoms with Gasteiger partial charge in [-0.15, -0.1) is 34.8 Å². The zero-order valence-corrected chi connectivity index (χ0v) is 11.4. The molecule has 0 heterocycles. The molecule has 0 spiro atoms. The molecule has 1 fully saturated rings. The van der Waals surface area contributed by atoms with Crippen LogP contribution in [-0.4, -0.2) is 14.0 Å². The third kappa shape index (κ3) is 1.42. The highest BCUT2D eigenvalue weighted by atomic mass is 35.5. The molecule has 0 N–H and O–H groups in total. The van der Waals surface area contributed by atoms with E-state index in [0.29, 0.717) is 17.9 Å². The first kappa shape index (κ1) is 12.0. The topological polar surface area (TPSA) is 0 Å². The second-order valence-corrected chi connectivity index (χ2v) is 7.28. The van der Waals surface area contributed by atoms with Crippen LogP contribution in [-0.2, 0) is 0 Å². The molecule has 0 aliphatic heterocycles. The molecule has 1 saturated carbocycles. The average Bonchev–Trinajstić information content (AvgIpc) is 2.35. The molecule has 0 amide bonds. The molecule has 14 heavy (non-hydrogen) atoms. The molecular weight excluding hydrogens is 309 g/mol. The van der Waals surface area contributed by atoms with Gasteiger partial charge in [0.15, 0.2) is 0 Å². The van der Waals surface area contributed by atoms with Crippen LogP contribution in [0.2, 0.25) is 0 Å². The van der Waals surface area contributed by atoms with Crippen molar-refractivity contribution in [2.45, 2.75) is 26.9 Å². The van der Waals surface area contributed by atoms with E-state index in [1.807, 2.05) is 0 Å². The summed E-state index contributed by atoms with van der Waals surface area (Å²) < 4.78 is -1.01. The molecule has 0 radical (unpaired) electrons. The van der Waals surface area contributed by atoms with Gasteiger partial charge in [0.25, 0.3) is 0 Å². The zero-order valence-electron chi connectivity index (χ0n) is 6.84. The quantitative estimate of drug-likeness (QED) is 0.606. The Bertz CT molecular complexity index is 307. The Morgan fingerprint density at radius 2 is 1.71 bits per heavy atom. The number of hydrogen-bond donors (Lipinski definition) is 0. The van der Waals surface area contributed by atoms with Crippen molar-refractivity contribution in [1.29, 1.82) is 0 Å². The van der Waals surface area contributed by atoms with E-state index in [1.54, 1.807) is 0 Å². The summed E-state index contributed by atoms with van der Waals surface area (Å²) in [6.45, 7) is 0. The second kappa shape index (κ2) is 3.48. The Labute approximate surface area is 112 Å². The molecule has 0 aromatic heterocycles. The van der Waals surface area contributed by atoms with Crippen LogP contribution in [0.15, 0.2) is 10.6 Å². The summed E-state index contributed by atoms with van der Waals surface area (Å²) in [5.41, 5.74) is 0.780. The van der Waals surface area contributed by atoms with Crippen LogP contribution in [0.3, 0.4) is 0 Å². The summed E-state index contributed by atoms with van der Waals surface area (Å²) in [6.07, 6.45) is 1.17. The lowest BCUT2D eigenvalue weighted by atomic mass is 9.99. The third-order valence-corrected chi connectivity index (χ3v) is 5.81. The molecule has 2 aliphatic carbocycles. The summed E-state index contributed by atoms with van der Waals surface area (Å²) in [5, 5.41) is 0.426. The molecule has 2 aliphatic rings. The van der Waals surface area contributed by atoms with E-state index in [9.17, 15) is 0 Å². The van der Waals surface area contributed by atoms with Crippen LogP contribution in [0.5, 0.6) is 0 Å². The van der Waals surface area contributed by atoms with E-state index >= 15 is 0 Å². The fraction of sp³-hybridized carbons (Fsp3) is 0.750. The SMILES string of the molecule is ClC1=C(C(Cl)Cl)C2CC(Cl)(Cl)C1(Cl)C2. The van der Waals surface area contributed by atoms with Gasteiger partial charge in [0.2, 0.25) is 0 Å². The van der Waals surface area contributed by atoms with Crippen LogP contribution in [0.1, 0.15) is 12.8 Å². The molecule has 2 atom stereocenters. The maximum Gasteiger partial charge on any atom is 0.142 e. The lowest BCUT2D eigenvalue weighted by molar-refractivity contribution is 0.634. The van der Waals surface area contributed by atoms with E-state index in [2.05, 4.69) is 0 Å². The minimum absolute atomic E-state index is 0.106. The Hall–Kier alpha value is 1.48. The van der Waals surface area contributed by atoms with Gasteiger partial charge in [-0.2, -0.15) is 0 Å². The molecule has 0 saturated heterocycles. The molecule has 2 rings (SSSR count). The molecule has 6 heteroatoms. The fourth-order valence-electron chi connectivity index (χ4n) is 2.18. The number of rotatable bonds is 1. The molecule has 0 aromatic carbocycles. The van der Waals surface area contributed by atoms with Crippen molar-refractivity contribution in [1.82, 2.24) is 0 Å². The standard InChI is InChI=1S/C8H6Cl6/c9-5-4(6(10)11)3-1-7(5,12)8(13,14)2-3/h3,6H,1-2H2. The third-order valence-electron chi connectivity index (χ3n) is 2.89. The maximum atomic E-state index is 6.31. The van der Waals surface area contributed by atoms with Crippen LogP contribution < -0.4 is 0 Å². The predicted molar refractivity (Wildman–Crippen MR) is 64.1 cm³/mol. The summed E-state index contributed by atoms with van der Waals surface area (Å²) in [4.78, 5) is -1.53. The van der Waals surface area contributed by atoms with E-state index in [0.717, 1.165) is 5.57 Å². The van der Waals surface area contributed by atoms with Crippen molar-refractivity contribution in [3.63, 3.8) is 0 Å². The lowest BCUT2D eigenvalue weighted by Gasteiger charge is -2.33. The van der Waals surface area contributed by atoms with Crippen LogP contribution in [0.25, 0.3) is 0 Å². The Kier molecular flexibility index (Phi) is 2.97. The van der Waals surface area contributed by atoms with Gasteiger partial charge in [-0.25, -0.2) is 0 Å². The average molecular weight is 315 g/mol. The number of alkyl halides is 5. The monoisotopic (exact) mass is 312 g/mol. The normalized spacial score (nSPS) is 40.1. The smallest absolute Gasteiger partial charge is 0.110 e. The highest BCUT2D eigenvalue weighted by molar-refractivity contribution is 6.57. The van der Waals surface area contributed by atoms with Crippen molar-refractivity contribution in [3.8, 4) is 0 Å². The van der Waals surface area contributed by atoms with E-state index < -0.39 is 14.0 Å². The highest BCUT2D eigenvalue weighted by Crippen LogP contribution is 2.66. The van der Waals surface area contributed by atoms with Crippen molar-refractivity contribution >= 4 is 69.6 Å². The van der Waals surface area contributed by atoms with Gasteiger partial charge >= 0.3 is 0 Å². The molecule has 0 nitrogen and oxygen atoms in total. The molecule has 80 valence electrons. The van der Waals surface area contributed by atoms with Crippen molar-refractivity contribution in [3.05, 3.63) is 10.6 Å². The van der Waals surface area contributed by atoms with Crippen molar-refractivity contribution in [2.24, 2.45) is 5.92 Å². The van der Waals surface area contributed by atoms with Crippen LogP contribution in [0.4, 0.5) is 0 Å². The first-order valence-corrected chi connectivity index (χ1v) is 6.43. The van der Waals surface area contributed by atoms with E-state index in [-0.39, 0.29) is 5.92 Å². The summed E-state index contributed by atoms with van der Waals surface area (Å²) in [7, 11) is 0. The van der Waals surface area contributed by atoms with Gasteiger partial charge < -0.3 is 0 Å². The molecule has 2 bridgehead atoms. The van der Waals surface area contributed by atoms with Crippen molar-refractivity contribution < 1.29 is 0 Å². The van der Waals surface area contributed by atoms with Gasteiger partial charge in [-0.05, 0) is 24.3 Å². The van der Waals surface area contributed by atoms with Gasteiger partial charge in [-0.3, -0.25) is 0 Å². The van der Waals surface area contributed by atoms with Crippen LogP contribution >= 0.6 is 69.6 Å². The number of hydrogen-bond acceptors (Lipinski definition) is 0. The first-order chi connectivity index (χ1) is 6.29. The second-order valence-electron chi connectivity index (χ2n) is 3.68. The number of allylic oxidation sites excluding steroid dienone is 2. The minimum Gasteiger partial charge on any atom is -0.110 e. The van der Waals surface area contributed by atoms with Gasteiger partial charge in [-0.1, -0.05) is 34.8 Å². The summed E-state index contributed by atoms with van der Waals surface area (Å²) >= 11 is 36.2. The molecule has 0 aromatic rings. The first-order valence-electron chi connectivity index (χ1n) is 4.04. The Balaban J connectivity index is 2.48. The van der Waals surface area contributed by atoms with Gasteiger partial charge in [0, 0.05) is 5.03 Å². The van der Waals surface area contributed by atoms with Crippen molar-refractivity contribution in [2.75, 3.05) is 0 Å². The maximum absolute atomic E-state index is 6.31. The lowest BCUT2D eigenvalue weighted by Crippen LogP contribution is -2.37. The fourth-order valence-corrected chi connectivity index (χ4v) is 4.56. The van der Waals surface area contributed by atoms with Crippen LogP contribution in [0, 0.1) is 5.92 Å². The largest absolute Gasteiger partial charge is 0.142 e. The number of halogens is 6. The zero-order chi connectivity index (χ0) is 10.7. The number of fused-ring (bicyclic) bond motifs is 2. The highest BCUT2D eigenvalue weighted by Gasteiger charge is 2.64. The van der Waals surface area contributed by atoms with Gasteiger partial charge in [0.1, 0.15) is 14.0 Å². The summed E-state index contributed by atoms with van der Waals surface area (Å²) in [6, 6.07) is 0. The minimum atomic E-state index is -1.01. The summed E-state index contributed by atoms with van der Waals surface area (Å²) in [5.74, 6) is 0.106. The predicted octanol–water partition coefficient (Wildman–Crippen LogP) is 4.86. The molecular formula is C8H6Cl6. The Morgan fingerprint density at radius 1 is 1.14 bits per heavy atom. The Morgan fingerprint density at radius 3 is 2.07 bits per heavy atom. The van der Waals surface area contributed by atoms with Gasteiger partial charge in [0.05, 0.1) is 0 Å². The van der Waals surface area contributed by atoms with E-state index in [1.165, 1.54) is 0 Å². The van der Waals surface area contributed by atoms with E-state index in [4.69, 9.17) is 69.6 Å². The molecule has 2 unspecified atom stereocenters.